The lowest BCUT2D eigenvalue weighted by molar-refractivity contribution is -0.0391. The number of alkyl halides is 2. The van der Waals surface area contributed by atoms with Crippen molar-refractivity contribution in [3.05, 3.63) is 0 Å². The number of hydrogen-bond donors (Lipinski definition) is 0. The third kappa shape index (κ3) is 2.37. The molecular weight excluding hydrogens is 200 g/mol. The fourth-order valence-electron chi connectivity index (χ4n) is 1.24. The summed E-state index contributed by atoms with van der Waals surface area (Å²) < 4.78 is 47.9. The molecule has 3 nitrogen and oxygen atoms in total. The highest BCUT2D eigenvalue weighted by molar-refractivity contribution is 7.91. The first-order valence-electron chi connectivity index (χ1n) is 3.85. The van der Waals surface area contributed by atoms with E-state index in [1.165, 1.54) is 6.07 Å². The quantitative estimate of drug-likeness (QED) is 0.597. The van der Waals surface area contributed by atoms with Crippen LogP contribution >= 0.6 is 0 Å². The molecule has 0 aromatic rings. The molecule has 0 spiro atoms. The summed E-state index contributed by atoms with van der Waals surface area (Å²) in [5.41, 5.74) is 0. The SMILES string of the molecule is N#CC1CCS(=O)(=O)CCC1(F)F. The third-order valence-corrected chi connectivity index (χ3v) is 3.81. The largest absolute Gasteiger partial charge is 0.264 e. The zero-order valence-corrected chi connectivity index (χ0v) is 7.65. The van der Waals surface area contributed by atoms with Gasteiger partial charge >= 0.3 is 0 Å². The highest BCUT2D eigenvalue weighted by Crippen LogP contribution is 2.33. The Kier molecular flexibility index (Phi) is 2.57. The van der Waals surface area contributed by atoms with Crippen molar-refractivity contribution in [2.75, 3.05) is 11.5 Å². The second kappa shape index (κ2) is 3.22. The van der Waals surface area contributed by atoms with Gasteiger partial charge in [0.2, 0.25) is 0 Å². The Hall–Kier alpha value is -0.700. The molecule has 1 heterocycles. The fourth-order valence-corrected chi connectivity index (χ4v) is 2.62. The number of hydrogen-bond acceptors (Lipinski definition) is 3. The molecule has 0 aliphatic carbocycles. The molecule has 1 aliphatic rings. The van der Waals surface area contributed by atoms with Crippen LogP contribution in [-0.2, 0) is 9.84 Å². The topological polar surface area (TPSA) is 57.9 Å². The minimum atomic E-state index is -3.36. The van der Waals surface area contributed by atoms with E-state index in [0.717, 1.165) is 0 Å². The lowest BCUT2D eigenvalue weighted by Crippen LogP contribution is -2.26. The van der Waals surface area contributed by atoms with Gasteiger partial charge in [-0.3, -0.25) is 0 Å². The molecule has 0 bridgehead atoms. The van der Waals surface area contributed by atoms with Crippen LogP contribution in [0.3, 0.4) is 0 Å². The minimum absolute atomic E-state index is 0.258. The van der Waals surface area contributed by atoms with E-state index in [2.05, 4.69) is 0 Å². The van der Waals surface area contributed by atoms with Crippen LogP contribution in [0.15, 0.2) is 0 Å². The highest BCUT2D eigenvalue weighted by atomic mass is 32.2. The van der Waals surface area contributed by atoms with Crippen molar-refractivity contribution in [1.82, 2.24) is 0 Å². The van der Waals surface area contributed by atoms with Crippen LogP contribution in [0.4, 0.5) is 8.78 Å². The molecule has 0 N–H and O–H groups in total. The van der Waals surface area contributed by atoms with Crippen molar-refractivity contribution in [2.45, 2.75) is 18.8 Å². The van der Waals surface area contributed by atoms with Crippen LogP contribution in [0.25, 0.3) is 0 Å². The summed E-state index contributed by atoms with van der Waals surface area (Å²) in [6.07, 6.45) is -0.987. The zero-order chi connectivity index (χ0) is 10.1. The summed E-state index contributed by atoms with van der Waals surface area (Å²) in [6.45, 7) is 0. The number of sulfone groups is 1. The summed E-state index contributed by atoms with van der Waals surface area (Å²) in [7, 11) is -3.36. The average molecular weight is 209 g/mol. The Bertz CT molecular complexity index is 331. The van der Waals surface area contributed by atoms with E-state index in [0.29, 0.717) is 0 Å². The van der Waals surface area contributed by atoms with E-state index >= 15 is 0 Å². The molecule has 13 heavy (non-hydrogen) atoms. The summed E-state index contributed by atoms with van der Waals surface area (Å²) >= 11 is 0. The molecule has 1 rings (SSSR count). The van der Waals surface area contributed by atoms with Crippen molar-refractivity contribution in [2.24, 2.45) is 5.92 Å². The monoisotopic (exact) mass is 209 g/mol. The molecule has 1 fully saturated rings. The number of halogens is 2. The molecule has 1 atom stereocenters. The van der Waals surface area contributed by atoms with Gasteiger partial charge in [-0.05, 0) is 6.42 Å². The Labute approximate surface area is 75.3 Å². The van der Waals surface area contributed by atoms with Gasteiger partial charge in [0.05, 0.1) is 17.6 Å². The van der Waals surface area contributed by atoms with E-state index in [9.17, 15) is 17.2 Å². The molecule has 6 heteroatoms. The number of rotatable bonds is 0. The van der Waals surface area contributed by atoms with Crippen LogP contribution < -0.4 is 0 Å². The van der Waals surface area contributed by atoms with Gasteiger partial charge in [0.25, 0.3) is 5.92 Å². The molecule has 0 amide bonds. The lowest BCUT2D eigenvalue weighted by atomic mass is 9.98. The van der Waals surface area contributed by atoms with Crippen molar-refractivity contribution >= 4 is 9.84 Å². The van der Waals surface area contributed by atoms with Gasteiger partial charge in [0.15, 0.2) is 9.84 Å². The molecule has 0 aromatic heterocycles. The van der Waals surface area contributed by atoms with Crippen LogP contribution in [0.5, 0.6) is 0 Å². The number of nitrogens with zero attached hydrogens (tertiary/aromatic N) is 1. The van der Waals surface area contributed by atoms with Gasteiger partial charge < -0.3 is 0 Å². The maximum Gasteiger partial charge on any atom is 0.264 e. The van der Waals surface area contributed by atoms with Gasteiger partial charge in [-0.15, -0.1) is 0 Å². The van der Waals surface area contributed by atoms with Crippen molar-refractivity contribution < 1.29 is 17.2 Å². The summed E-state index contributed by atoms with van der Waals surface area (Å²) in [6, 6.07) is 1.46. The smallest absolute Gasteiger partial charge is 0.229 e. The number of nitriles is 1. The molecule has 0 aromatic carbocycles. The Morgan fingerprint density at radius 3 is 2.54 bits per heavy atom. The average Bonchev–Trinajstić information content (AvgIpc) is 2.10. The first-order valence-corrected chi connectivity index (χ1v) is 5.67. The fraction of sp³-hybridized carbons (Fsp3) is 0.857. The predicted molar refractivity (Wildman–Crippen MR) is 41.9 cm³/mol. The van der Waals surface area contributed by atoms with E-state index in [1.807, 2.05) is 0 Å². The molecular formula is C7H9F2NO2S. The maximum atomic E-state index is 13.0. The zero-order valence-electron chi connectivity index (χ0n) is 6.83. The maximum absolute atomic E-state index is 13.0. The van der Waals surface area contributed by atoms with Crippen LogP contribution in [0.1, 0.15) is 12.8 Å². The van der Waals surface area contributed by atoms with Crippen molar-refractivity contribution in [3.63, 3.8) is 0 Å². The van der Waals surface area contributed by atoms with Gasteiger partial charge in [0.1, 0.15) is 5.92 Å². The van der Waals surface area contributed by atoms with Crippen molar-refractivity contribution in [1.29, 1.82) is 5.26 Å². The molecule has 74 valence electrons. The van der Waals surface area contributed by atoms with Crippen molar-refractivity contribution in [3.8, 4) is 6.07 Å². The van der Waals surface area contributed by atoms with Gasteiger partial charge in [0, 0.05) is 6.42 Å². The van der Waals surface area contributed by atoms with E-state index < -0.39 is 33.9 Å². The third-order valence-electron chi connectivity index (χ3n) is 2.13. The normalized spacial score (nSPS) is 31.6. The van der Waals surface area contributed by atoms with E-state index in [4.69, 9.17) is 5.26 Å². The van der Waals surface area contributed by atoms with Gasteiger partial charge in [-0.2, -0.15) is 5.26 Å². The summed E-state index contributed by atoms with van der Waals surface area (Å²) in [5, 5.41) is 8.40. The Balaban J connectivity index is 2.89. The molecule has 1 aliphatic heterocycles. The standard InChI is InChI=1S/C7H9F2NO2S/c8-7(9)2-4-13(11,12)3-1-6(7)5-10/h6H,1-4H2. The molecule has 1 unspecified atom stereocenters. The Morgan fingerprint density at radius 1 is 1.38 bits per heavy atom. The van der Waals surface area contributed by atoms with E-state index in [-0.39, 0.29) is 12.2 Å². The molecule has 0 saturated carbocycles. The van der Waals surface area contributed by atoms with Crippen LogP contribution in [0, 0.1) is 17.2 Å². The van der Waals surface area contributed by atoms with Crippen LogP contribution in [0.2, 0.25) is 0 Å². The predicted octanol–water partition coefficient (Wildman–Crippen LogP) is 0.970. The van der Waals surface area contributed by atoms with Crippen LogP contribution in [-0.4, -0.2) is 25.8 Å². The molecule has 1 saturated heterocycles. The second-order valence-electron chi connectivity index (χ2n) is 3.13. The molecule has 0 radical (unpaired) electrons. The highest BCUT2D eigenvalue weighted by Gasteiger charge is 2.43. The van der Waals surface area contributed by atoms with Gasteiger partial charge in [-0.1, -0.05) is 0 Å². The first kappa shape index (κ1) is 10.4. The lowest BCUT2D eigenvalue weighted by Gasteiger charge is -2.16. The minimum Gasteiger partial charge on any atom is -0.229 e. The summed E-state index contributed by atoms with van der Waals surface area (Å²) in [4.78, 5) is 0. The summed E-state index contributed by atoms with van der Waals surface area (Å²) in [5.74, 6) is -5.43. The second-order valence-corrected chi connectivity index (χ2v) is 5.44. The van der Waals surface area contributed by atoms with Gasteiger partial charge in [-0.25, -0.2) is 17.2 Å². The van der Waals surface area contributed by atoms with E-state index in [1.54, 1.807) is 0 Å². The Morgan fingerprint density at radius 2 is 2.00 bits per heavy atom. The first-order chi connectivity index (χ1) is 5.87.